The standard InChI is InChI=1S/C10H20FNO/c1-8(2)13-7-10(11)5-3-4-9(12)6-10/h8-9H,3-7,12H2,1-2H3. The maximum absolute atomic E-state index is 14.0. The number of hydrogen-bond donors (Lipinski definition) is 1. The summed E-state index contributed by atoms with van der Waals surface area (Å²) in [7, 11) is 0. The van der Waals surface area contributed by atoms with Crippen molar-refractivity contribution in [1.29, 1.82) is 0 Å². The number of rotatable bonds is 3. The molecule has 0 saturated heterocycles. The van der Waals surface area contributed by atoms with Crippen LogP contribution in [0.25, 0.3) is 0 Å². The van der Waals surface area contributed by atoms with E-state index in [2.05, 4.69) is 0 Å². The quantitative estimate of drug-likeness (QED) is 0.737. The zero-order chi connectivity index (χ0) is 9.90. The van der Waals surface area contributed by atoms with Crippen LogP contribution >= 0.6 is 0 Å². The minimum Gasteiger partial charge on any atom is -0.375 e. The van der Waals surface area contributed by atoms with E-state index < -0.39 is 5.67 Å². The van der Waals surface area contributed by atoms with Crippen LogP contribution in [0.5, 0.6) is 0 Å². The molecular formula is C10H20FNO. The predicted molar refractivity (Wildman–Crippen MR) is 51.4 cm³/mol. The first-order chi connectivity index (χ1) is 6.02. The van der Waals surface area contributed by atoms with Gasteiger partial charge in [0.15, 0.2) is 0 Å². The van der Waals surface area contributed by atoms with Crippen molar-refractivity contribution in [3.63, 3.8) is 0 Å². The summed E-state index contributed by atoms with van der Waals surface area (Å²) in [5.74, 6) is 0. The Bertz CT molecular complexity index is 163. The topological polar surface area (TPSA) is 35.2 Å². The second-order valence-corrected chi connectivity index (χ2v) is 4.37. The Morgan fingerprint density at radius 2 is 2.31 bits per heavy atom. The van der Waals surface area contributed by atoms with Gasteiger partial charge >= 0.3 is 0 Å². The molecule has 1 rings (SSSR count). The number of ether oxygens (including phenoxy) is 1. The summed E-state index contributed by atoms with van der Waals surface area (Å²) in [5, 5.41) is 0. The zero-order valence-corrected chi connectivity index (χ0v) is 8.55. The maximum atomic E-state index is 14.0. The van der Waals surface area contributed by atoms with Gasteiger partial charge < -0.3 is 10.5 Å². The maximum Gasteiger partial charge on any atom is 0.135 e. The molecule has 0 aromatic rings. The van der Waals surface area contributed by atoms with Crippen molar-refractivity contribution in [2.45, 2.75) is 57.3 Å². The summed E-state index contributed by atoms with van der Waals surface area (Å²) >= 11 is 0. The molecule has 0 aromatic heterocycles. The predicted octanol–water partition coefficient (Wildman–Crippen LogP) is 2.02. The number of nitrogens with two attached hydrogens (primary N) is 1. The van der Waals surface area contributed by atoms with Gasteiger partial charge in [0.25, 0.3) is 0 Å². The summed E-state index contributed by atoms with van der Waals surface area (Å²) in [6, 6.07) is 0.0227. The van der Waals surface area contributed by atoms with Crippen LogP contribution in [-0.2, 0) is 4.74 Å². The van der Waals surface area contributed by atoms with E-state index in [1.807, 2.05) is 13.8 Å². The molecule has 0 aromatic carbocycles. The lowest BCUT2D eigenvalue weighted by Crippen LogP contribution is -2.41. The molecule has 0 radical (unpaired) electrons. The van der Waals surface area contributed by atoms with Crippen LogP contribution in [0.4, 0.5) is 4.39 Å². The van der Waals surface area contributed by atoms with Crippen LogP contribution in [0.15, 0.2) is 0 Å². The Hall–Kier alpha value is -0.150. The van der Waals surface area contributed by atoms with Gasteiger partial charge in [-0.25, -0.2) is 4.39 Å². The lowest BCUT2D eigenvalue weighted by Gasteiger charge is -2.33. The van der Waals surface area contributed by atoms with Crippen molar-refractivity contribution >= 4 is 0 Å². The van der Waals surface area contributed by atoms with Crippen molar-refractivity contribution in [3.05, 3.63) is 0 Å². The Balaban J connectivity index is 2.35. The van der Waals surface area contributed by atoms with Gasteiger partial charge in [-0.15, -0.1) is 0 Å². The smallest absolute Gasteiger partial charge is 0.135 e. The molecule has 13 heavy (non-hydrogen) atoms. The molecule has 0 bridgehead atoms. The normalized spacial score (nSPS) is 35.3. The third-order valence-electron chi connectivity index (χ3n) is 2.50. The van der Waals surface area contributed by atoms with Crippen LogP contribution in [0.1, 0.15) is 39.5 Å². The summed E-state index contributed by atoms with van der Waals surface area (Å²) in [5.41, 5.74) is 4.56. The van der Waals surface area contributed by atoms with Gasteiger partial charge in [0.05, 0.1) is 12.7 Å². The number of halogens is 1. The van der Waals surface area contributed by atoms with Crippen molar-refractivity contribution in [1.82, 2.24) is 0 Å². The monoisotopic (exact) mass is 189 g/mol. The summed E-state index contributed by atoms with van der Waals surface area (Å²) < 4.78 is 19.3. The summed E-state index contributed by atoms with van der Waals surface area (Å²) in [6.45, 7) is 4.05. The highest BCUT2D eigenvalue weighted by molar-refractivity contribution is 4.88. The molecule has 2 nitrogen and oxygen atoms in total. The van der Waals surface area contributed by atoms with Crippen LogP contribution in [0.2, 0.25) is 0 Å². The van der Waals surface area contributed by atoms with E-state index >= 15 is 0 Å². The molecule has 0 aliphatic heterocycles. The van der Waals surface area contributed by atoms with Gasteiger partial charge in [0, 0.05) is 6.04 Å². The third kappa shape index (κ3) is 3.61. The van der Waals surface area contributed by atoms with E-state index in [9.17, 15) is 4.39 Å². The van der Waals surface area contributed by atoms with E-state index in [-0.39, 0.29) is 18.8 Å². The Morgan fingerprint density at radius 1 is 1.62 bits per heavy atom. The van der Waals surface area contributed by atoms with E-state index in [0.717, 1.165) is 12.8 Å². The number of hydrogen-bond acceptors (Lipinski definition) is 2. The first-order valence-corrected chi connectivity index (χ1v) is 5.08. The lowest BCUT2D eigenvalue weighted by atomic mass is 9.84. The fourth-order valence-electron chi connectivity index (χ4n) is 1.80. The molecule has 0 amide bonds. The first-order valence-electron chi connectivity index (χ1n) is 5.08. The minimum atomic E-state index is -1.16. The van der Waals surface area contributed by atoms with Crippen molar-refractivity contribution in [2.75, 3.05) is 6.61 Å². The van der Waals surface area contributed by atoms with Gasteiger partial charge in [-0.05, 0) is 39.5 Å². The highest BCUT2D eigenvalue weighted by Gasteiger charge is 2.35. The highest BCUT2D eigenvalue weighted by Crippen LogP contribution is 2.31. The molecule has 2 unspecified atom stereocenters. The Morgan fingerprint density at radius 3 is 2.85 bits per heavy atom. The van der Waals surface area contributed by atoms with Gasteiger partial charge in [0.1, 0.15) is 5.67 Å². The molecule has 2 atom stereocenters. The molecule has 78 valence electrons. The van der Waals surface area contributed by atoms with Crippen molar-refractivity contribution in [3.8, 4) is 0 Å². The van der Waals surface area contributed by atoms with Crippen LogP contribution in [0, 0.1) is 0 Å². The Labute approximate surface area is 79.6 Å². The molecule has 1 saturated carbocycles. The number of alkyl halides is 1. The minimum absolute atomic E-state index is 0.0227. The van der Waals surface area contributed by atoms with Gasteiger partial charge in [-0.3, -0.25) is 0 Å². The third-order valence-corrected chi connectivity index (χ3v) is 2.50. The van der Waals surface area contributed by atoms with Crippen LogP contribution in [-0.4, -0.2) is 24.4 Å². The second kappa shape index (κ2) is 4.38. The SMILES string of the molecule is CC(C)OCC1(F)CCCC(N)C1. The molecular weight excluding hydrogens is 169 g/mol. The average Bonchev–Trinajstić information content (AvgIpc) is 2.01. The molecule has 1 aliphatic carbocycles. The van der Waals surface area contributed by atoms with Crippen LogP contribution < -0.4 is 5.73 Å². The van der Waals surface area contributed by atoms with Crippen molar-refractivity contribution in [2.24, 2.45) is 5.73 Å². The van der Waals surface area contributed by atoms with E-state index in [4.69, 9.17) is 10.5 Å². The van der Waals surface area contributed by atoms with E-state index in [1.165, 1.54) is 0 Å². The van der Waals surface area contributed by atoms with Crippen LogP contribution in [0.3, 0.4) is 0 Å². The van der Waals surface area contributed by atoms with Gasteiger partial charge in [-0.1, -0.05) is 0 Å². The zero-order valence-electron chi connectivity index (χ0n) is 8.55. The van der Waals surface area contributed by atoms with Crippen molar-refractivity contribution < 1.29 is 9.13 Å². The molecule has 1 fully saturated rings. The summed E-state index contributed by atoms with van der Waals surface area (Å²) in [4.78, 5) is 0. The lowest BCUT2D eigenvalue weighted by molar-refractivity contribution is -0.0353. The highest BCUT2D eigenvalue weighted by atomic mass is 19.1. The molecule has 0 heterocycles. The fraction of sp³-hybridized carbons (Fsp3) is 1.00. The molecule has 3 heteroatoms. The molecule has 1 aliphatic rings. The molecule has 0 spiro atoms. The van der Waals surface area contributed by atoms with E-state index in [0.29, 0.717) is 12.8 Å². The van der Waals surface area contributed by atoms with E-state index in [1.54, 1.807) is 0 Å². The summed E-state index contributed by atoms with van der Waals surface area (Å²) in [6.07, 6.45) is 3.00. The first kappa shape index (κ1) is 10.9. The second-order valence-electron chi connectivity index (χ2n) is 4.37. The average molecular weight is 189 g/mol. The van der Waals surface area contributed by atoms with Gasteiger partial charge in [-0.2, -0.15) is 0 Å². The molecule has 2 N–H and O–H groups in total. The largest absolute Gasteiger partial charge is 0.375 e. The Kier molecular flexibility index (Phi) is 3.68. The van der Waals surface area contributed by atoms with Gasteiger partial charge in [0.2, 0.25) is 0 Å². The fourth-order valence-corrected chi connectivity index (χ4v) is 1.80.